The van der Waals surface area contributed by atoms with Crippen LogP contribution in [0.5, 0.6) is 0 Å². The van der Waals surface area contributed by atoms with Gasteiger partial charge in [-0.3, -0.25) is 19.3 Å². The van der Waals surface area contributed by atoms with Gasteiger partial charge in [0.2, 0.25) is 5.91 Å². The summed E-state index contributed by atoms with van der Waals surface area (Å²) in [5.74, 6) is -2.67. The second kappa shape index (κ2) is 15.4. The molecule has 1 amide bonds. The fraction of sp³-hybridized carbons (Fsp3) is 0.560. The average Bonchev–Trinajstić information content (AvgIpc) is 2.89. The van der Waals surface area contributed by atoms with Crippen LogP contribution in [0, 0.1) is 5.92 Å². The third-order valence-electron chi connectivity index (χ3n) is 5.78. The molecule has 1 aliphatic heterocycles. The molecule has 1 fully saturated rings. The van der Waals surface area contributed by atoms with Gasteiger partial charge in [0, 0.05) is 32.4 Å². The summed E-state index contributed by atoms with van der Waals surface area (Å²) in [6, 6.07) is 1.46. The maximum atomic E-state index is 12.5. The predicted molar refractivity (Wildman–Crippen MR) is 144 cm³/mol. The fourth-order valence-electron chi connectivity index (χ4n) is 4.02. The Kier molecular flexibility index (Phi) is 12.3. The second-order valence-corrected chi connectivity index (χ2v) is 10.4. The smallest absolute Gasteiger partial charge is 0.326 e. The zero-order valence-corrected chi connectivity index (χ0v) is 23.7. The SMILES string of the molecule is CCOC(=O)C(C(=O)OCC)c1ccnc(SCC(=O)NC[C@H]2CN(CC3C=C(Cl)C(Cl)=CC3)CCO2)n1. The summed E-state index contributed by atoms with van der Waals surface area (Å²) in [5.41, 5.74) is 0.155. The van der Waals surface area contributed by atoms with E-state index in [0.29, 0.717) is 29.8 Å². The Bertz CT molecular complexity index is 1040. The van der Waals surface area contributed by atoms with Crippen LogP contribution in [0.25, 0.3) is 0 Å². The Morgan fingerprint density at radius 1 is 1.21 bits per heavy atom. The van der Waals surface area contributed by atoms with E-state index >= 15 is 0 Å². The number of halogens is 2. The molecule has 0 radical (unpaired) electrons. The van der Waals surface area contributed by atoms with Gasteiger partial charge < -0.3 is 19.5 Å². The first-order valence-corrected chi connectivity index (χ1v) is 14.2. The van der Waals surface area contributed by atoms with Gasteiger partial charge in [-0.05, 0) is 32.3 Å². The third-order valence-corrected chi connectivity index (χ3v) is 7.43. The molecule has 2 atom stereocenters. The van der Waals surface area contributed by atoms with Crippen molar-refractivity contribution in [2.45, 2.75) is 37.4 Å². The number of rotatable bonds is 12. The summed E-state index contributed by atoms with van der Waals surface area (Å²) in [4.78, 5) is 47.9. The number of amides is 1. The molecule has 0 spiro atoms. The number of hydrogen-bond acceptors (Lipinski definition) is 10. The molecule has 1 aromatic heterocycles. The molecule has 1 saturated heterocycles. The molecule has 0 aromatic carbocycles. The molecule has 3 rings (SSSR count). The molecular formula is C25H32Cl2N4O6S. The van der Waals surface area contributed by atoms with E-state index in [0.717, 1.165) is 31.3 Å². The summed E-state index contributed by atoms with van der Waals surface area (Å²) >= 11 is 13.3. The first-order chi connectivity index (χ1) is 18.3. The molecule has 38 heavy (non-hydrogen) atoms. The van der Waals surface area contributed by atoms with Gasteiger partial charge >= 0.3 is 11.9 Å². The lowest BCUT2D eigenvalue weighted by molar-refractivity contribution is -0.157. The zero-order chi connectivity index (χ0) is 27.5. The number of aromatic nitrogens is 2. The monoisotopic (exact) mass is 586 g/mol. The van der Waals surface area contributed by atoms with E-state index in [1.165, 1.54) is 12.3 Å². The lowest BCUT2D eigenvalue weighted by atomic mass is 9.99. The largest absolute Gasteiger partial charge is 0.465 e. The minimum atomic E-state index is -1.31. The summed E-state index contributed by atoms with van der Waals surface area (Å²) < 4.78 is 15.8. The Hall–Kier alpha value is -2.18. The number of esters is 2. The van der Waals surface area contributed by atoms with Crippen LogP contribution in [0.2, 0.25) is 0 Å². The molecule has 2 heterocycles. The number of carbonyl (C=O) groups is 3. The van der Waals surface area contributed by atoms with Gasteiger partial charge in [-0.2, -0.15) is 0 Å². The van der Waals surface area contributed by atoms with E-state index in [2.05, 4.69) is 20.2 Å². The number of carbonyl (C=O) groups excluding carboxylic acids is 3. The minimum Gasteiger partial charge on any atom is -0.465 e. The molecule has 208 valence electrons. The van der Waals surface area contributed by atoms with Crippen molar-refractivity contribution in [3.05, 3.63) is 40.2 Å². The Balaban J connectivity index is 1.47. The summed E-state index contributed by atoms with van der Waals surface area (Å²) in [6.45, 7) is 6.82. The molecule has 1 aliphatic carbocycles. The van der Waals surface area contributed by atoms with Crippen molar-refractivity contribution >= 4 is 52.8 Å². The van der Waals surface area contributed by atoms with E-state index in [-0.39, 0.29) is 47.7 Å². The highest BCUT2D eigenvalue weighted by molar-refractivity contribution is 7.99. The Morgan fingerprint density at radius 3 is 2.63 bits per heavy atom. The average molecular weight is 588 g/mol. The number of allylic oxidation sites excluding steroid dienone is 3. The van der Waals surface area contributed by atoms with Crippen LogP contribution >= 0.6 is 35.0 Å². The van der Waals surface area contributed by atoms with Gasteiger partial charge in [0.25, 0.3) is 0 Å². The van der Waals surface area contributed by atoms with Gasteiger partial charge in [0.05, 0.1) is 47.4 Å². The van der Waals surface area contributed by atoms with Crippen molar-refractivity contribution in [2.24, 2.45) is 5.92 Å². The second-order valence-electron chi connectivity index (χ2n) is 8.61. The predicted octanol–water partition coefficient (Wildman–Crippen LogP) is 2.86. The van der Waals surface area contributed by atoms with E-state index < -0.39 is 17.9 Å². The number of ether oxygens (including phenoxy) is 3. The Morgan fingerprint density at radius 2 is 1.95 bits per heavy atom. The summed E-state index contributed by atoms with van der Waals surface area (Å²) in [7, 11) is 0. The fourth-order valence-corrected chi connectivity index (χ4v) is 5.09. The van der Waals surface area contributed by atoms with Gasteiger partial charge in [0.15, 0.2) is 11.1 Å². The zero-order valence-electron chi connectivity index (χ0n) is 21.4. The maximum Gasteiger partial charge on any atom is 0.326 e. The van der Waals surface area contributed by atoms with E-state index in [1.54, 1.807) is 13.8 Å². The molecule has 2 aliphatic rings. The number of morpholine rings is 1. The lowest BCUT2D eigenvalue weighted by Crippen LogP contribution is -2.48. The highest BCUT2D eigenvalue weighted by atomic mass is 35.5. The molecular weight excluding hydrogens is 555 g/mol. The number of thioether (sulfide) groups is 1. The Labute approximate surface area is 236 Å². The van der Waals surface area contributed by atoms with Crippen LogP contribution in [0.1, 0.15) is 31.9 Å². The molecule has 0 saturated carbocycles. The summed E-state index contributed by atoms with van der Waals surface area (Å²) in [6.07, 6.45) is 6.07. The molecule has 1 N–H and O–H groups in total. The van der Waals surface area contributed by atoms with Crippen LogP contribution in [0.15, 0.2) is 39.6 Å². The van der Waals surface area contributed by atoms with Crippen molar-refractivity contribution in [3.63, 3.8) is 0 Å². The number of hydrogen-bond donors (Lipinski definition) is 1. The maximum absolute atomic E-state index is 12.5. The van der Waals surface area contributed by atoms with Gasteiger partial charge in [-0.1, -0.05) is 47.1 Å². The van der Waals surface area contributed by atoms with Crippen LogP contribution in [0.3, 0.4) is 0 Å². The first kappa shape index (κ1) is 30.4. The molecule has 13 heteroatoms. The van der Waals surface area contributed by atoms with Crippen LogP contribution in [0.4, 0.5) is 0 Å². The quantitative estimate of drug-likeness (QED) is 0.169. The van der Waals surface area contributed by atoms with Gasteiger partial charge in [-0.15, -0.1) is 0 Å². The third kappa shape index (κ3) is 9.23. The highest BCUT2D eigenvalue weighted by Crippen LogP contribution is 2.29. The number of nitrogens with one attached hydrogen (secondary N) is 1. The highest BCUT2D eigenvalue weighted by Gasteiger charge is 2.33. The van der Waals surface area contributed by atoms with Crippen LogP contribution in [-0.4, -0.2) is 90.6 Å². The summed E-state index contributed by atoms with van der Waals surface area (Å²) in [5, 5.41) is 4.33. The van der Waals surface area contributed by atoms with E-state index in [1.807, 2.05) is 12.2 Å². The van der Waals surface area contributed by atoms with Crippen molar-refractivity contribution < 1.29 is 28.6 Å². The number of nitrogens with zero attached hydrogens (tertiary/aromatic N) is 3. The first-order valence-electron chi connectivity index (χ1n) is 12.4. The van der Waals surface area contributed by atoms with Crippen molar-refractivity contribution in [1.82, 2.24) is 20.2 Å². The van der Waals surface area contributed by atoms with Gasteiger partial charge in [-0.25, -0.2) is 9.97 Å². The lowest BCUT2D eigenvalue weighted by Gasteiger charge is -2.35. The molecule has 0 bridgehead atoms. The van der Waals surface area contributed by atoms with Gasteiger partial charge in [0.1, 0.15) is 0 Å². The minimum absolute atomic E-state index is 0.0574. The van der Waals surface area contributed by atoms with Crippen molar-refractivity contribution in [1.29, 1.82) is 0 Å². The van der Waals surface area contributed by atoms with Crippen molar-refractivity contribution in [2.75, 3.05) is 51.8 Å². The normalized spacial score (nSPS) is 19.9. The van der Waals surface area contributed by atoms with Crippen LogP contribution < -0.4 is 5.32 Å². The van der Waals surface area contributed by atoms with E-state index in [9.17, 15) is 14.4 Å². The molecule has 1 unspecified atom stereocenters. The molecule has 10 nitrogen and oxygen atoms in total. The van der Waals surface area contributed by atoms with E-state index in [4.69, 9.17) is 37.4 Å². The van der Waals surface area contributed by atoms with Crippen molar-refractivity contribution in [3.8, 4) is 0 Å². The topological polar surface area (TPSA) is 120 Å². The standard InChI is InChI=1S/C25H32Cl2N4O6S/c1-3-35-23(33)22(24(34)36-4-2)20-7-8-28-25(30-20)38-15-21(32)29-12-17-14-31(9-10-37-17)13-16-5-6-18(26)19(27)11-16/h6-8,11,16-17,22H,3-5,9-10,12-15H2,1-2H3,(H,29,32)/t16?,17-/m0/s1. The van der Waals surface area contributed by atoms with Crippen LogP contribution in [-0.2, 0) is 28.6 Å². The molecule has 1 aromatic rings.